The van der Waals surface area contributed by atoms with E-state index in [-0.39, 0.29) is 5.56 Å². The first-order chi connectivity index (χ1) is 10.6. The topological polar surface area (TPSA) is 84.2 Å². The zero-order valence-corrected chi connectivity index (χ0v) is 12.6. The fraction of sp³-hybridized carbons (Fsp3) is 0.133. The summed E-state index contributed by atoms with van der Waals surface area (Å²) in [4.78, 5) is 16.0. The first-order valence-electron chi connectivity index (χ1n) is 6.18. The van der Waals surface area contributed by atoms with Crippen LogP contribution < -0.4 is 14.8 Å². The molecule has 2 aromatic rings. The number of aromatic nitrogens is 1. The Morgan fingerprint density at radius 2 is 1.95 bits per heavy atom. The molecular weight excluding hydrogens is 306 g/mol. The Labute approximate surface area is 132 Å². The van der Waals surface area contributed by atoms with Crippen molar-refractivity contribution in [2.24, 2.45) is 0 Å². The molecule has 0 aliphatic rings. The zero-order chi connectivity index (χ0) is 16.1. The SMILES string of the molecule is COc1cc(C#N)c(NC(=O)c2ccc(Cl)nc2)cc1OC. The normalized spacial score (nSPS) is 9.73. The van der Waals surface area contributed by atoms with Crippen molar-refractivity contribution >= 4 is 23.2 Å². The van der Waals surface area contributed by atoms with Crippen molar-refractivity contribution in [3.05, 3.63) is 46.7 Å². The van der Waals surface area contributed by atoms with E-state index >= 15 is 0 Å². The number of anilines is 1. The maximum Gasteiger partial charge on any atom is 0.257 e. The number of hydrogen-bond donors (Lipinski definition) is 1. The Morgan fingerprint density at radius 1 is 1.27 bits per heavy atom. The zero-order valence-electron chi connectivity index (χ0n) is 11.9. The number of halogens is 1. The molecular formula is C15H12ClN3O3. The van der Waals surface area contributed by atoms with E-state index in [0.717, 1.165) is 0 Å². The first-order valence-corrected chi connectivity index (χ1v) is 6.56. The molecule has 1 aromatic heterocycles. The van der Waals surface area contributed by atoms with Gasteiger partial charge in [-0.25, -0.2) is 4.98 Å². The molecule has 1 N–H and O–H groups in total. The van der Waals surface area contributed by atoms with Gasteiger partial charge >= 0.3 is 0 Å². The number of carbonyl (C=O) groups is 1. The van der Waals surface area contributed by atoms with Gasteiger partial charge in [-0.2, -0.15) is 5.26 Å². The third kappa shape index (κ3) is 3.27. The van der Waals surface area contributed by atoms with E-state index in [2.05, 4.69) is 10.3 Å². The number of benzene rings is 1. The molecule has 6 nitrogen and oxygen atoms in total. The molecule has 0 saturated heterocycles. The molecule has 0 fully saturated rings. The van der Waals surface area contributed by atoms with Crippen LogP contribution in [0.2, 0.25) is 5.15 Å². The van der Waals surface area contributed by atoms with Gasteiger partial charge in [0.2, 0.25) is 0 Å². The Hall–Kier alpha value is -2.78. The molecule has 22 heavy (non-hydrogen) atoms. The average molecular weight is 318 g/mol. The van der Waals surface area contributed by atoms with Gasteiger partial charge in [-0.15, -0.1) is 0 Å². The number of hydrogen-bond acceptors (Lipinski definition) is 5. The summed E-state index contributed by atoms with van der Waals surface area (Å²) in [5.41, 5.74) is 0.899. The molecule has 0 spiro atoms. The second kappa shape index (κ2) is 6.78. The number of pyridine rings is 1. The van der Waals surface area contributed by atoms with Crippen molar-refractivity contribution in [3.63, 3.8) is 0 Å². The van der Waals surface area contributed by atoms with Gasteiger partial charge in [0.25, 0.3) is 5.91 Å². The maximum atomic E-state index is 12.2. The molecule has 0 atom stereocenters. The largest absolute Gasteiger partial charge is 0.493 e. The predicted molar refractivity (Wildman–Crippen MR) is 81.5 cm³/mol. The van der Waals surface area contributed by atoms with Crippen LogP contribution in [-0.2, 0) is 0 Å². The van der Waals surface area contributed by atoms with Crippen molar-refractivity contribution < 1.29 is 14.3 Å². The van der Waals surface area contributed by atoms with Gasteiger partial charge in [0, 0.05) is 18.3 Å². The summed E-state index contributed by atoms with van der Waals surface area (Å²) >= 11 is 5.68. The number of carbonyl (C=O) groups excluding carboxylic acids is 1. The highest BCUT2D eigenvalue weighted by Gasteiger charge is 2.14. The van der Waals surface area contributed by atoms with Crippen LogP contribution in [0, 0.1) is 11.3 Å². The number of amides is 1. The van der Waals surface area contributed by atoms with E-state index in [1.165, 1.54) is 44.7 Å². The van der Waals surface area contributed by atoms with E-state index in [9.17, 15) is 10.1 Å². The highest BCUT2D eigenvalue weighted by Crippen LogP contribution is 2.33. The Morgan fingerprint density at radius 3 is 2.50 bits per heavy atom. The minimum absolute atomic E-state index is 0.257. The van der Waals surface area contributed by atoms with Crippen LogP contribution in [0.3, 0.4) is 0 Å². The third-order valence-corrected chi connectivity index (χ3v) is 3.11. The highest BCUT2D eigenvalue weighted by molar-refractivity contribution is 6.29. The summed E-state index contributed by atoms with van der Waals surface area (Å²) in [6.45, 7) is 0. The monoisotopic (exact) mass is 317 g/mol. The van der Waals surface area contributed by atoms with Crippen LogP contribution in [0.1, 0.15) is 15.9 Å². The van der Waals surface area contributed by atoms with Crippen molar-refractivity contribution in [1.29, 1.82) is 5.26 Å². The fourth-order valence-electron chi connectivity index (χ4n) is 1.78. The minimum Gasteiger partial charge on any atom is -0.493 e. The molecule has 112 valence electrons. The number of methoxy groups -OCH3 is 2. The van der Waals surface area contributed by atoms with Crippen LogP contribution in [0.4, 0.5) is 5.69 Å². The van der Waals surface area contributed by atoms with E-state index in [1.54, 1.807) is 0 Å². The maximum absolute atomic E-state index is 12.2. The van der Waals surface area contributed by atoms with E-state index in [0.29, 0.717) is 27.9 Å². The lowest BCUT2D eigenvalue weighted by Crippen LogP contribution is -2.13. The van der Waals surface area contributed by atoms with Gasteiger partial charge in [0.15, 0.2) is 11.5 Å². The molecule has 0 aliphatic carbocycles. The first kappa shape index (κ1) is 15.6. The summed E-state index contributed by atoms with van der Waals surface area (Å²) in [7, 11) is 2.94. The Kier molecular flexibility index (Phi) is 4.81. The lowest BCUT2D eigenvalue weighted by atomic mass is 10.1. The van der Waals surface area contributed by atoms with Crippen LogP contribution >= 0.6 is 11.6 Å². The van der Waals surface area contributed by atoms with Gasteiger partial charge in [-0.3, -0.25) is 4.79 Å². The lowest BCUT2D eigenvalue weighted by Gasteiger charge is -2.12. The van der Waals surface area contributed by atoms with E-state index in [1.807, 2.05) is 6.07 Å². The molecule has 0 unspecified atom stereocenters. The molecule has 2 rings (SSSR count). The van der Waals surface area contributed by atoms with Gasteiger partial charge in [-0.1, -0.05) is 11.6 Å². The number of ether oxygens (including phenoxy) is 2. The smallest absolute Gasteiger partial charge is 0.257 e. The lowest BCUT2D eigenvalue weighted by molar-refractivity contribution is 0.102. The molecule has 1 aromatic carbocycles. The van der Waals surface area contributed by atoms with Gasteiger partial charge in [-0.05, 0) is 12.1 Å². The Bertz CT molecular complexity index is 739. The van der Waals surface area contributed by atoms with Gasteiger partial charge in [0.1, 0.15) is 11.2 Å². The quantitative estimate of drug-likeness (QED) is 0.876. The van der Waals surface area contributed by atoms with Crippen molar-refractivity contribution in [1.82, 2.24) is 4.98 Å². The minimum atomic E-state index is -0.409. The molecule has 0 bridgehead atoms. The number of nitriles is 1. The van der Waals surface area contributed by atoms with Gasteiger partial charge < -0.3 is 14.8 Å². The molecule has 0 saturated carbocycles. The summed E-state index contributed by atoms with van der Waals surface area (Å²) in [6, 6.07) is 8.07. The number of nitrogens with zero attached hydrogens (tertiary/aromatic N) is 2. The summed E-state index contributed by atoms with van der Waals surface area (Å²) in [5.74, 6) is 0.407. The van der Waals surface area contributed by atoms with Crippen LogP contribution in [-0.4, -0.2) is 25.1 Å². The predicted octanol–water partition coefficient (Wildman–Crippen LogP) is 2.88. The fourth-order valence-corrected chi connectivity index (χ4v) is 1.89. The standard InChI is InChI=1S/C15H12ClN3O3/c1-21-12-5-10(7-17)11(6-13(12)22-2)19-15(20)9-3-4-14(16)18-8-9/h3-6,8H,1-2H3,(H,19,20). The van der Waals surface area contributed by atoms with Crippen LogP contribution in [0.5, 0.6) is 11.5 Å². The molecule has 1 heterocycles. The molecule has 0 radical (unpaired) electrons. The van der Waals surface area contributed by atoms with Crippen LogP contribution in [0.15, 0.2) is 30.5 Å². The van der Waals surface area contributed by atoms with E-state index < -0.39 is 5.91 Å². The molecule has 7 heteroatoms. The second-order valence-corrected chi connectivity index (χ2v) is 4.58. The third-order valence-electron chi connectivity index (χ3n) is 2.88. The Balaban J connectivity index is 2.34. The summed E-state index contributed by atoms with van der Waals surface area (Å²) < 4.78 is 10.3. The van der Waals surface area contributed by atoms with Crippen LogP contribution in [0.25, 0.3) is 0 Å². The van der Waals surface area contributed by atoms with Crippen molar-refractivity contribution in [3.8, 4) is 17.6 Å². The van der Waals surface area contributed by atoms with Crippen molar-refractivity contribution in [2.45, 2.75) is 0 Å². The average Bonchev–Trinajstić information content (AvgIpc) is 2.54. The number of rotatable bonds is 4. The van der Waals surface area contributed by atoms with Crippen molar-refractivity contribution in [2.75, 3.05) is 19.5 Å². The second-order valence-electron chi connectivity index (χ2n) is 4.19. The highest BCUT2D eigenvalue weighted by atomic mass is 35.5. The van der Waals surface area contributed by atoms with E-state index in [4.69, 9.17) is 21.1 Å². The number of nitrogens with one attached hydrogen (secondary N) is 1. The molecule has 0 aliphatic heterocycles. The molecule has 1 amide bonds. The summed E-state index contributed by atoms with van der Waals surface area (Å²) in [5, 5.41) is 12.1. The van der Waals surface area contributed by atoms with Gasteiger partial charge in [0.05, 0.1) is 31.0 Å². The summed E-state index contributed by atoms with van der Waals surface area (Å²) in [6.07, 6.45) is 1.35.